The Kier molecular flexibility index (Phi) is 3.66. The number of rotatable bonds is 2. The number of nitrogens with one attached hydrogen (secondary N) is 1. The summed E-state index contributed by atoms with van der Waals surface area (Å²) in [6.45, 7) is 13.0. The molecule has 0 atom stereocenters. The molecule has 2 rings (SSSR count). The van der Waals surface area contributed by atoms with Crippen LogP contribution in [0.25, 0.3) is 0 Å². The van der Waals surface area contributed by atoms with E-state index in [2.05, 4.69) is 71.1 Å². The average Bonchev–Trinajstić information content (AvgIpc) is 2.32. The van der Waals surface area contributed by atoms with E-state index in [4.69, 9.17) is 0 Å². The molecular formula is C18H23N. The van der Waals surface area contributed by atoms with Crippen LogP contribution in [-0.2, 0) is 0 Å². The number of aryl methyl sites for hydroxylation is 3. The highest BCUT2D eigenvalue weighted by atomic mass is 14.9. The number of benzene rings is 2. The van der Waals surface area contributed by atoms with Crippen LogP contribution >= 0.6 is 0 Å². The van der Waals surface area contributed by atoms with Gasteiger partial charge in [-0.2, -0.15) is 0 Å². The fourth-order valence-corrected chi connectivity index (χ4v) is 2.54. The van der Waals surface area contributed by atoms with Crippen LogP contribution in [0.4, 0.5) is 11.4 Å². The minimum atomic E-state index is 1.17. The average molecular weight is 253 g/mol. The van der Waals surface area contributed by atoms with Crippen molar-refractivity contribution in [2.45, 2.75) is 41.5 Å². The first-order chi connectivity index (χ1) is 8.88. The molecule has 0 fully saturated rings. The highest BCUT2D eigenvalue weighted by Crippen LogP contribution is 2.28. The molecule has 19 heavy (non-hydrogen) atoms. The highest BCUT2D eigenvalue weighted by Gasteiger charge is 2.07. The van der Waals surface area contributed by atoms with Crippen LogP contribution in [-0.4, -0.2) is 0 Å². The fourth-order valence-electron chi connectivity index (χ4n) is 2.54. The molecule has 0 unspecified atom stereocenters. The predicted octanol–water partition coefficient (Wildman–Crippen LogP) is 5.28. The highest BCUT2D eigenvalue weighted by molar-refractivity contribution is 5.67. The van der Waals surface area contributed by atoms with Crippen LogP contribution in [0, 0.1) is 41.5 Å². The molecule has 0 aromatic heterocycles. The Hall–Kier alpha value is -1.76. The minimum Gasteiger partial charge on any atom is -0.355 e. The quantitative estimate of drug-likeness (QED) is 0.767. The molecule has 0 aliphatic carbocycles. The van der Waals surface area contributed by atoms with Gasteiger partial charge in [-0.1, -0.05) is 6.07 Å². The second-order valence-corrected chi connectivity index (χ2v) is 5.62. The lowest BCUT2D eigenvalue weighted by Crippen LogP contribution is -1.99. The van der Waals surface area contributed by atoms with Gasteiger partial charge >= 0.3 is 0 Å². The van der Waals surface area contributed by atoms with Crippen molar-refractivity contribution in [1.29, 1.82) is 0 Å². The van der Waals surface area contributed by atoms with E-state index in [1.807, 2.05) is 0 Å². The van der Waals surface area contributed by atoms with Gasteiger partial charge in [0.1, 0.15) is 0 Å². The van der Waals surface area contributed by atoms with E-state index in [1.54, 1.807) is 0 Å². The van der Waals surface area contributed by atoms with Crippen LogP contribution < -0.4 is 5.32 Å². The lowest BCUT2D eigenvalue weighted by atomic mass is 9.97. The monoisotopic (exact) mass is 253 g/mol. The predicted molar refractivity (Wildman–Crippen MR) is 84.6 cm³/mol. The molecule has 1 nitrogen and oxygen atoms in total. The van der Waals surface area contributed by atoms with Crippen LogP contribution in [0.3, 0.4) is 0 Å². The molecule has 0 spiro atoms. The molecule has 1 heteroatoms. The van der Waals surface area contributed by atoms with Crippen molar-refractivity contribution in [2.24, 2.45) is 0 Å². The first kappa shape index (κ1) is 13.7. The Balaban J connectivity index is 2.44. The van der Waals surface area contributed by atoms with Crippen LogP contribution in [0.1, 0.15) is 33.4 Å². The zero-order valence-electron chi connectivity index (χ0n) is 12.8. The smallest absolute Gasteiger partial charge is 0.0419 e. The topological polar surface area (TPSA) is 12.0 Å². The zero-order chi connectivity index (χ0) is 14.2. The van der Waals surface area contributed by atoms with Gasteiger partial charge in [0.25, 0.3) is 0 Å². The molecular weight excluding hydrogens is 230 g/mol. The molecule has 0 bridgehead atoms. The molecule has 0 heterocycles. The number of hydrogen-bond acceptors (Lipinski definition) is 1. The Morgan fingerprint density at radius 1 is 0.632 bits per heavy atom. The van der Waals surface area contributed by atoms with E-state index in [-0.39, 0.29) is 0 Å². The normalized spacial score (nSPS) is 10.6. The van der Waals surface area contributed by atoms with Gasteiger partial charge in [0, 0.05) is 11.4 Å². The van der Waals surface area contributed by atoms with Gasteiger partial charge in [-0.05, 0) is 93.1 Å². The third kappa shape index (κ3) is 2.81. The maximum absolute atomic E-state index is 3.56. The zero-order valence-corrected chi connectivity index (χ0v) is 12.8. The summed E-state index contributed by atoms with van der Waals surface area (Å²) >= 11 is 0. The van der Waals surface area contributed by atoms with E-state index in [0.717, 1.165) is 0 Å². The van der Waals surface area contributed by atoms with Gasteiger partial charge in [-0.15, -0.1) is 0 Å². The Bertz CT molecular complexity index is 604. The van der Waals surface area contributed by atoms with Gasteiger partial charge in [-0.25, -0.2) is 0 Å². The summed E-state index contributed by atoms with van der Waals surface area (Å²) < 4.78 is 0. The van der Waals surface area contributed by atoms with Crippen molar-refractivity contribution in [1.82, 2.24) is 0 Å². The maximum Gasteiger partial charge on any atom is 0.0419 e. The van der Waals surface area contributed by atoms with Gasteiger partial charge in [0.05, 0.1) is 0 Å². The SMILES string of the molecule is Cc1cc(C)cc(Nc2cc(C)c(C)c(C)c2C)c1. The molecule has 0 aliphatic rings. The molecule has 100 valence electrons. The molecule has 2 aromatic rings. The van der Waals surface area contributed by atoms with E-state index in [0.29, 0.717) is 0 Å². The summed E-state index contributed by atoms with van der Waals surface area (Å²) in [5.74, 6) is 0. The van der Waals surface area contributed by atoms with Crippen LogP contribution in [0.15, 0.2) is 24.3 Å². The van der Waals surface area contributed by atoms with Crippen molar-refractivity contribution < 1.29 is 0 Å². The molecule has 0 aliphatic heterocycles. The summed E-state index contributed by atoms with van der Waals surface area (Å²) in [5, 5.41) is 3.56. The summed E-state index contributed by atoms with van der Waals surface area (Å²) in [6.07, 6.45) is 0. The number of anilines is 2. The van der Waals surface area contributed by atoms with E-state index in [1.165, 1.54) is 44.8 Å². The van der Waals surface area contributed by atoms with Crippen LogP contribution in [0.2, 0.25) is 0 Å². The summed E-state index contributed by atoms with van der Waals surface area (Å²) in [6, 6.07) is 8.83. The summed E-state index contributed by atoms with van der Waals surface area (Å²) in [7, 11) is 0. The Morgan fingerprint density at radius 3 is 1.79 bits per heavy atom. The molecule has 0 saturated carbocycles. The third-order valence-electron chi connectivity index (χ3n) is 3.98. The third-order valence-corrected chi connectivity index (χ3v) is 3.98. The van der Waals surface area contributed by atoms with E-state index >= 15 is 0 Å². The largest absolute Gasteiger partial charge is 0.355 e. The Morgan fingerprint density at radius 2 is 1.21 bits per heavy atom. The number of hydrogen-bond donors (Lipinski definition) is 1. The molecule has 2 aromatic carbocycles. The van der Waals surface area contributed by atoms with Gasteiger partial charge in [0.2, 0.25) is 0 Å². The lowest BCUT2D eigenvalue weighted by Gasteiger charge is -2.16. The van der Waals surface area contributed by atoms with Gasteiger partial charge in [-0.3, -0.25) is 0 Å². The fraction of sp³-hybridized carbons (Fsp3) is 0.333. The Labute approximate surface area is 116 Å². The second kappa shape index (κ2) is 5.08. The van der Waals surface area contributed by atoms with Crippen molar-refractivity contribution in [3.63, 3.8) is 0 Å². The van der Waals surface area contributed by atoms with Gasteiger partial charge in [0.15, 0.2) is 0 Å². The van der Waals surface area contributed by atoms with Crippen molar-refractivity contribution in [3.8, 4) is 0 Å². The van der Waals surface area contributed by atoms with Crippen LogP contribution in [0.5, 0.6) is 0 Å². The molecule has 0 saturated heterocycles. The standard InChI is InChI=1S/C18H23N/c1-11-7-12(2)9-17(8-11)19-18-10-13(3)14(4)15(5)16(18)6/h7-10,19H,1-6H3. The van der Waals surface area contributed by atoms with Crippen molar-refractivity contribution in [3.05, 3.63) is 57.6 Å². The van der Waals surface area contributed by atoms with Crippen molar-refractivity contribution >= 4 is 11.4 Å². The minimum absolute atomic E-state index is 1.17. The summed E-state index contributed by atoms with van der Waals surface area (Å²) in [5.41, 5.74) is 10.4. The summed E-state index contributed by atoms with van der Waals surface area (Å²) in [4.78, 5) is 0. The molecule has 0 amide bonds. The van der Waals surface area contributed by atoms with E-state index < -0.39 is 0 Å². The maximum atomic E-state index is 3.56. The van der Waals surface area contributed by atoms with Crippen molar-refractivity contribution in [2.75, 3.05) is 5.32 Å². The van der Waals surface area contributed by atoms with Gasteiger partial charge < -0.3 is 5.32 Å². The van der Waals surface area contributed by atoms with E-state index in [9.17, 15) is 0 Å². The second-order valence-electron chi connectivity index (χ2n) is 5.62. The first-order valence-electron chi connectivity index (χ1n) is 6.81. The molecule has 1 N–H and O–H groups in total. The first-order valence-corrected chi connectivity index (χ1v) is 6.81. The lowest BCUT2D eigenvalue weighted by molar-refractivity contribution is 1.21. The molecule has 0 radical (unpaired) electrons.